The molecule has 378 valence electrons. The minimum atomic E-state index is -0.929. The number of carboxylic acid groups (broad SMARTS) is 2. The van der Waals surface area contributed by atoms with Gasteiger partial charge in [0.05, 0.1) is 36.5 Å². The highest BCUT2D eigenvalue weighted by atomic mass is 33.1. The summed E-state index contributed by atoms with van der Waals surface area (Å²) in [6, 6.07) is 46.6. The van der Waals surface area contributed by atoms with Crippen LogP contribution in [0.15, 0.2) is 146 Å². The van der Waals surface area contributed by atoms with E-state index in [-0.39, 0.29) is 30.5 Å². The van der Waals surface area contributed by atoms with Crippen LogP contribution >= 0.6 is 0 Å². The Morgan fingerprint density at radius 3 is 0.676 bits per heavy atom. The summed E-state index contributed by atoms with van der Waals surface area (Å²) in [7, 11) is 3.69. The average molecular weight is 1040 g/mol. The van der Waals surface area contributed by atoms with Gasteiger partial charge in [0.2, 0.25) is 0 Å². The third-order valence-electron chi connectivity index (χ3n) is 13.0. The minimum absolute atomic E-state index is 0. The molecule has 8 nitrogen and oxygen atoms in total. The van der Waals surface area contributed by atoms with Gasteiger partial charge in [-0.25, -0.2) is 19.2 Å². The maximum atomic E-state index is 11.8. The van der Waals surface area contributed by atoms with E-state index in [4.69, 9.17) is 19.7 Å². The number of carbonyl (C=O) groups is 4. The van der Waals surface area contributed by atoms with Crippen LogP contribution in [0.25, 0.3) is 66.8 Å². The SMILES string of the molecule is C.COC(=O)c1ccc(-c2cc(C)c(-c3cc(C)c(-c4ccc(C(=O)OC)cc4)cc3C)cc2C)cc1.Cc1cc(-c2cc(C)c(-c3ccc(C(=O)O)cc3)cc2C)c(C)cc1-c1ccc(C(=O)O)cc1.S=S=S. The van der Waals surface area contributed by atoms with Gasteiger partial charge >= 0.3 is 23.9 Å². The van der Waals surface area contributed by atoms with Crippen LogP contribution in [0.4, 0.5) is 0 Å². The molecule has 11 heteroatoms. The molecule has 74 heavy (non-hydrogen) atoms. The Kier molecular flexibility index (Phi) is 19.6. The number of hydrogen-bond donors (Lipinski definition) is 2. The Morgan fingerprint density at radius 2 is 0.500 bits per heavy atom. The molecule has 0 aliphatic rings. The van der Waals surface area contributed by atoms with Crippen LogP contribution in [0.3, 0.4) is 0 Å². The molecule has 8 rings (SSSR count). The van der Waals surface area contributed by atoms with Crippen molar-refractivity contribution in [2.75, 3.05) is 14.2 Å². The van der Waals surface area contributed by atoms with E-state index in [9.17, 15) is 19.2 Å². The standard InChI is InChI=1S/C32H30O4.C30H26O4.CH4.S3/c1-19-17-29(21(3)15-27(19)23-7-11-25(12-8-23)31(33)35-5)30-18-20(2)28(16-22(30)4)24-9-13-26(14-10-24)32(34)36-6;1-17-15-27(19(3)13-25(17)21-5-9-23(10-6-21)29(31)32)28-16-18(2)26(14-20(28)4)22-7-11-24(12-8-22)30(33)34;;1-3-2/h7-18H,1-6H3;5-16H,1-4H3,(H,31,32)(H,33,34);1H4;. The maximum Gasteiger partial charge on any atom is 0.337 e. The van der Waals surface area contributed by atoms with Crippen LogP contribution < -0.4 is 0 Å². The fourth-order valence-corrected chi connectivity index (χ4v) is 9.06. The van der Waals surface area contributed by atoms with E-state index in [2.05, 4.69) is 126 Å². The van der Waals surface area contributed by atoms with Gasteiger partial charge < -0.3 is 19.7 Å². The van der Waals surface area contributed by atoms with E-state index in [1.165, 1.54) is 47.6 Å². The highest BCUT2D eigenvalue weighted by Crippen LogP contribution is 2.39. The number of esters is 2. The zero-order chi connectivity index (χ0) is 53.3. The van der Waals surface area contributed by atoms with Crippen LogP contribution in [-0.2, 0) is 40.7 Å². The number of aryl methyl sites for hydroxylation is 8. The molecule has 0 aliphatic heterocycles. The van der Waals surface area contributed by atoms with Crippen molar-refractivity contribution in [3.63, 3.8) is 0 Å². The van der Waals surface area contributed by atoms with Crippen molar-refractivity contribution in [2.45, 2.75) is 62.8 Å². The maximum absolute atomic E-state index is 11.8. The molecule has 2 N–H and O–H groups in total. The first-order valence-electron chi connectivity index (χ1n) is 23.2. The molecule has 0 unspecified atom stereocenters. The molecule has 0 amide bonds. The first kappa shape index (κ1) is 57.2. The fraction of sp³-hybridized carbons (Fsp3) is 0.175. The van der Waals surface area contributed by atoms with Gasteiger partial charge in [-0.2, -0.15) is 0 Å². The van der Waals surface area contributed by atoms with Gasteiger partial charge in [-0.05, 0) is 215 Å². The van der Waals surface area contributed by atoms with Crippen LogP contribution in [0, 0.1) is 55.4 Å². The molecule has 0 spiro atoms. The molecule has 0 saturated carbocycles. The molecule has 8 aromatic carbocycles. The first-order valence-corrected chi connectivity index (χ1v) is 25.9. The summed E-state index contributed by atoms with van der Waals surface area (Å²) in [4.78, 5) is 45.9. The molecule has 0 heterocycles. The lowest BCUT2D eigenvalue weighted by molar-refractivity contribution is 0.0592. The van der Waals surface area contributed by atoms with Crippen LogP contribution in [0.5, 0.6) is 0 Å². The van der Waals surface area contributed by atoms with Crippen molar-refractivity contribution in [2.24, 2.45) is 0 Å². The Labute approximate surface area is 447 Å². The van der Waals surface area contributed by atoms with Gasteiger partial charge in [0.15, 0.2) is 0 Å². The van der Waals surface area contributed by atoms with Gasteiger partial charge in [0.1, 0.15) is 0 Å². The van der Waals surface area contributed by atoms with Gasteiger partial charge in [-0.3, -0.25) is 0 Å². The number of methoxy groups -OCH3 is 2. The zero-order valence-corrected chi connectivity index (χ0v) is 44.9. The smallest absolute Gasteiger partial charge is 0.337 e. The highest BCUT2D eigenvalue weighted by Gasteiger charge is 2.17. The molecule has 8 aromatic rings. The van der Waals surface area contributed by atoms with Crippen molar-refractivity contribution in [3.05, 3.63) is 212 Å². The molecule has 0 radical (unpaired) electrons. The third kappa shape index (κ3) is 13.1. The van der Waals surface area contributed by atoms with Crippen molar-refractivity contribution in [1.29, 1.82) is 0 Å². The lowest BCUT2D eigenvalue weighted by Crippen LogP contribution is -2.00. The molecule has 0 saturated heterocycles. The monoisotopic (exact) mass is 1040 g/mol. The Bertz CT molecular complexity index is 3200. The summed E-state index contributed by atoms with van der Waals surface area (Å²) in [5.41, 5.74) is 24.2. The Morgan fingerprint density at radius 1 is 0.338 bits per heavy atom. The number of rotatable bonds is 10. The number of aromatic carboxylic acids is 2. The van der Waals surface area contributed by atoms with E-state index in [0.29, 0.717) is 11.1 Å². The van der Waals surface area contributed by atoms with Crippen molar-refractivity contribution >= 4 is 55.1 Å². The number of hydrogen-bond acceptors (Lipinski definition) is 8. The summed E-state index contributed by atoms with van der Waals surface area (Å²) in [5.74, 6) is -2.53. The molecular weight excluding hydrogens is 981 g/mol. The summed E-state index contributed by atoms with van der Waals surface area (Å²) in [6.07, 6.45) is 0. The van der Waals surface area contributed by atoms with Crippen LogP contribution in [0.1, 0.15) is 93.4 Å². The lowest BCUT2D eigenvalue weighted by Gasteiger charge is -2.17. The quantitative estimate of drug-likeness (QED) is 0.128. The molecule has 0 aromatic heterocycles. The second kappa shape index (κ2) is 25.3. The summed E-state index contributed by atoms with van der Waals surface area (Å²) in [5, 5.41) is 18.3. The number of ether oxygens (including phenoxy) is 2. The van der Waals surface area contributed by atoms with Crippen molar-refractivity contribution in [3.8, 4) is 66.8 Å². The number of carbonyl (C=O) groups excluding carboxylic acids is 2. The Balaban J connectivity index is 0.000000257. The molecule has 0 bridgehead atoms. The number of carboxylic acids is 2. The van der Waals surface area contributed by atoms with Gasteiger partial charge in [-0.1, -0.05) is 104 Å². The van der Waals surface area contributed by atoms with Crippen molar-refractivity contribution in [1.82, 2.24) is 0 Å². The van der Waals surface area contributed by atoms with Crippen LogP contribution in [-0.4, -0.2) is 48.3 Å². The zero-order valence-electron chi connectivity index (χ0n) is 42.4. The predicted molar refractivity (Wildman–Crippen MR) is 309 cm³/mol. The predicted octanol–water partition coefficient (Wildman–Crippen LogP) is 15.4. The molecule has 0 aliphatic carbocycles. The van der Waals surface area contributed by atoms with Gasteiger partial charge in [-0.15, -0.1) is 0 Å². The minimum Gasteiger partial charge on any atom is -0.478 e. The van der Waals surface area contributed by atoms with E-state index in [1.807, 2.05) is 48.5 Å². The summed E-state index contributed by atoms with van der Waals surface area (Å²) >= 11 is 8.25. The van der Waals surface area contributed by atoms with E-state index in [0.717, 1.165) is 86.8 Å². The van der Waals surface area contributed by atoms with E-state index >= 15 is 0 Å². The number of benzene rings is 8. The van der Waals surface area contributed by atoms with E-state index < -0.39 is 11.9 Å². The second-order valence-electron chi connectivity index (χ2n) is 17.9. The highest BCUT2D eigenvalue weighted by molar-refractivity contribution is 8.37. The topological polar surface area (TPSA) is 127 Å². The largest absolute Gasteiger partial charge is 0.478 e. The molecule has 0 fully saturated rings. The second-order valence-corrected chi connectivity index (χ2v) is 19.7. The lowest BCUT2D eigenvalue weighted by atomic mass is 9.87. The first-order chi connectivity index (χ1) is 34.8. The van der Waals surface area contributed by atoms with E-state index in [1.54, 1.807) is 48.5 Å². The van der Waals surface area contributed by atoms with Crippen LogP contribution in [0.2, 0.25) is 0 Å². The average Bonchev–Trinajstić information content (AvgIpc) is 3.38. The normalized spacial score (nSPS) is 10.4. The summed E-state index contributed by atoms with van der Waals surface area (Å²) < 4.78 is 9.62. The fourth-order valence-electron chi connectivity index (χ4n) is 9.06. The van der Waals surface area contributed by atoms with Gasteiger partial charge in [0.25, 0.3) is 0 Å². The van der Waals surface area contributed by atoms with Crippen molar-refractivity contribution < 1.29 is 38.9 Å². The molecule has 0 atom stereocenters. The van der Waals surface area contributed by atoms with Gasteiger partial charge in [0, 0.05) is 31.3 Å². The molecular formula is C63H60O8S3. The summed E-state index contributed by atoms with van der Waals surface area (Å²) in [6.45, 7) is 16.8. The third-order valence-corrected chi connectivity index (χ3v) is 13.0. The Hall–Kier alpha value is -7.70.